The van der Waals surface area contributed by atoms with Crippen LogP contribution in [-0.4, -0.2) is 32.4 Å². The molecule has 0 spiro atoms. The third kappa shape index (κ3) is 3.48. The summed E-state index contributed by atoms with van der Waals surface area (Å²) in [5.74, 6) is -0.0360. The van der Waals surface area contributed by atoms with E-state index >= 15 is 0 Å². The van der Waals surface area contributed by atoms with Gasteiger partial charge in [-0.2, -0.15) is 8.42 Å². The van der Waals surface area contributed by atoms with Crippen LogP contribution in [0.2, 0.25) is 0 Å². The molecule has 1 unspecified atom stereocenters. The van der Waals surface area contributed by atoms with Gasteiger partial charge in [-0.25, -0.2) is 0 Å². The summed E-state index contributed by atoms with van der Waals surface area (Å²) < 4.78 is 101. The highest BCUT2D eigenvalue weighted by molar-refractivity contribution is 7.86. The first-order chi connectivity index (χ1) is 12.4. The van der Waals surface area contributed by atoms with Crippen molar-refractivity contribution in [2.75, 3.05) is 13.3 Å². The van der Waals surface area contributed by atoms with E-state index in [0.717, 1.165) is 10.8 Å². The first-order valence-corrected chi connectivity index (χ1v) is 6.90. The molecule has 2 aromatic rings. The van der Waals surface area contributed by atoms with Crippen molar-refractivity contribution in [3.8, 4) is 5.75 Å². The second kappa shape index (κ2) is 5.22. The van der Waals surface area contributed by atoms with E-state index in [1.807, 2.05) is 0 Å². The summed E-state index contributed by atoms with van der Waals surface area (Å²) in [4.78, 5) is 0. The van der Waals surface area contributed by atoms with Gasteiger partial charge >= 0.3 is 0 Å². The van der Waals surface area contributed by atoms with Gasteiger partial charge in [0.15, 0.2) is 0 Å². The maximum Gasteiger partial charge on any atom is 0.264 e. The highest BCUT2D eigenvalue weighted by Gasteiger charge is 2.12. The maximum atomic E-state index is 11.5. The zero-order valence-electron chi connectivity index (χ0n) is 18.9. The van der Waals surface area contributed by atoms with Crippen LogP contribution in [0.5, 0.6) is 5.75 Å². The Morgan fingerprint density at radius 3 is 3.05 bits per heavy atom. The van der Waals surface area contributed by atoms with Gasteiger partial charge in [0.25, 0.3) is 10.1 Å². The Bertz CT molecular complexity index is 980. The number of benzene rings is 1. The topological polar surface area (TPSA) is 57.5 Å². The van der Waals surface area contributed by atoms with E-state index < -0.39 is 36.6 Å². The predicted molar refractivity (Wildman–Crippen MR) is 73.9 cm³/mol. The zero-order valence-corrected chi connectivity index (χ0v) is 10.7. The summed E-state index contributed by atoms with van der Waals surface area (Å²) in [7, 11) is -7.21. The van der Waals surface area contributed by atoms with Crippen molar-refractivity contribution in [3.63, 3.8) is 0 Å². The van der Waals surface area contributed by atoms with Gasteiger partial charge in [-0.15, -0.1) is 0 Å². The molecule has 2 rings (SSSR count). The minimum atomic E-state index is -4.50. The van der Waals surface area contributed by atoms with E-state index in [-0.39, 0.29) is 16.7 Å². The number of rotatable bonds is 5. The van der Waals surface area contributed by atoms with Crippen LogP contribution < -0.4 is 4.74 Å². The number of methoxy groups -OCH3 is 1. The van der Waals surface area contributed by atoms with E-state index in [0.29, 0.717) is 6.26 Å². The maximum absolute atomic E-state index is 11.5. The highest BCUT2D eigenvalue weighted by atomic mass is 32.2. The molecule has 0 aliphatic carbocycles. The molecule has 5 nitrogen and oxygen atoms in total. The number of aromatic nitrogens is 1. The molecule has 0 aliphatic heterocycles. The summed E-state index contributed by atoms with van der Waals surface area (Å²) in [6, 6.07) is 5.10. The Hall–Kier alpha value is -1.53. The van der Waals surface area contributed by atoms with Crippen molar-refractivity contribution in [3.05, 3.63) is 30.5 Å². The van der Waals surface area contributed by atoms with E-state index in [2.05, 4.69) is 4.18 Å². The van der Waals surface area contributed by atoms with Crippen molar-refractivity contribution in [1.29, 1.82) is 0 Å². The van der Waals surface area contributed by atoms with Crippen molar-refractivity contribution < 1.29 is 29.7 Å². The molecule has 0 fully saturated rings. The van der Waals surface area contributed by atoms with Crippen LogP contribution in [0, 0.1) is 0 Å². The van der Waals surface area contributed by atoms with Crippen molar-refractivity contribution >= 4 is 21.0 Å². The lowest BCUT2D eigenvalue weighted by molar-refractivity contribution is 0.211. The van der Waals surface area contributed by atoms with Gasteiger partial charge in [0, 0.05) is 21.2 Å². The molecule has 1 aromatic carbocycles. The molecule has 1 aromatic heterocycles. The average molecular weight is 292 g/mol. The monoisotopic (exact) mass is 292 g/mol. The minimum absolute atomic E-state index is 0.0360. The predicted octanol–water partition coefficient (Wildman–Crippen LogP) is 2.01. The molecule has 0 saturated heterocycles. The molecule has 0 N–H and O–H groups in total. The molecular formula is C13H17NO4S. The first-order valence-electron chi connectivity index (χ1n) is 9.59. The number of fused-ring (bicyclic) bond motifs is 1. The standard InChI is InChI=1S/C13H17NO4S/c1-10(18-19(3,15)16)9-14-7-6-11-8-12(17-2)4-5-13(11)14/h4-8,10H,9H2,1-3H3/i1D3,2D3,9D2,10D. The normalized spacial score (nSPS) is 24.4. The molecule has 0 bridgehead atoms. The number of hydrogen-bond donors (Lipinski definition) is 0. The van der Waals surface area contributed by atoms with Crippen LogP contribution in [0.1, 0.15) is 19.2 Å². The fraction of sp³-hybridized carbons (Fsp3) is 0.385. The Kier molecular flexibility index (Phi) is 1.73. The molecule has 6 heteroatoms. The Balaban J connectivity index is 2.61. The number of hydrogen-bond acceptors (Lipinski definition) is 4. The zero-order chi connectivity index (χ0) is 21.8. The third-order valence-corrected chi connectivity index (χ3v) is 2.71. The summed E-state index contributed by atoms with van der Waals surface area (Å²) in [5.41, 5.74) is 0.0702. The summed E-state index contributed by atoms with van der Waals surface area (Å²) in [5, 5.41) is 0.276. The van der Waals surface area contributed by atoms with Crippen LogP contribution in [0.15, 0.2) is 30.5 Å². The van der Waals surface area contributed by atoms with Crippen LogP contribution >= 0.6 is 0 Å². The van der Waals surface area contributed by atoms with E-state index in [9.17, 15) is 8.42 Å². The minimum Gasteiger partial charge on any atom is -0.497 e. The molecular weight excluding hydrogens is 266 g/mol. The molecule has 1 heterocycles. The number of nitrogens with zero attached hydrogens (tertiary/aromatic N) is 1. The largest absolute Gasteiger partial charge is 0.497 e. The second-order valence-electron chi connectivity index (χ2n) is 3.74. The SMILES string of the molecule is [2H]C([2H])([2H])Oc1ccc2c(ccn2C([2H])([2H])C([2H])(OS(C)(=O)=O)C([2H])([2H])[2H])c1. The quantitative estimate of drug-likeness (QED) is 0.791. The van der Waals surface area contributed by atoms with Gasteiger partial charge in [-0.05, 0) is 31.1 Å². The smallest absolute Gasteiger partial charge is 0.264 e. The van der Waals surface area contributed by atoms with E-state index in [4.69, 9.17) is 17.1 Å². The first kappa shape index (κ1) is 6.28. The Labute approximate surface area is 125 Å². The van der Waals surface area contributed by atoms with Gasteiger partial charge in [0.1, 0.15) is 5.75 Å². The highest BCUT2D eigenvalue weighted by Crippen LogP contribution is 2.22. The van der Waals surface area contributed by atoms with Crippen LogP contribution in [0.25, 0.3) is 10.9 Å². The summed E-state index contributed by atoms with van der Waals surface area (Å²) >= 11 is 0. The van der Waals surface area contributed by atoms with Crippen molar-refractivity contribution in [1.82, 2.24) is 4.57 Å². The molecule has 0 amide bonds. The lowest BCUT2D eigenvalue weighted by Gasteiger charge is -2.13. The Morgan fingerprint density at radius 1 is 1.53 bits per heavy atom. The van der Waals surface area contributed by atoms with E-state index in [1.54, 1.807) is 0 Å². The van der Waals surface area contributed by atoms with Crippen LogP contribution in [0.3, 0.4) is 0 Å². The van der Waals surface area contributed by atoms with Gasteiger partial charge in [-0.3, -0.25) is 4.18 Å². The fourth-order valence-electron chi connectivity index (χ4n) is 1.56. The van der Waals surface area contributed by atoms with E-state index in [1.165, 1.54) is 24.3 Å². The lowest BCUT2D eigenvalue weighted by atomic mass is 10.2. The van der Waals surface area contributed by atoms with Gasteiger partial charge in [-0.1, -0.05) is 0 Å². The van der Waals surface area contributed by atoms with Gasteiger partial charge in [0.2, 0.25) is 0 Å². The van der Waals surface area contributed by atoms with Crippen LogP contribution in [0.4, 0.5) is 0 Å². The third-order valence-electron chi connectivity index (χ3n) is 2.24. The molecule has 0 aliphatic rings. The van der Waals surface area contributed by atoms with Crippen molar-refractivity contribution in [2.24, 2.45) is 0 Å². The molecule has 0 saturated carbocycles. The molecule has 1 atom stereocenters. The average Bonchev–Trinajstić information content (AvgIpc) is 2.85. The van der Waals surface area contributed by atoms with Crippen LogP contribution in [-0.2, 0) is 20.8 Å². The molecule has 0 radical (unpaired) electrons. The molecule has 19 heavy (non-hydrogen) atoms. The Morgan fingerprint density at radius 2 is 2.37 bits per heavy atom. The number of ether oxygens (including phenoxy) is 1. The molecule has 104 valence electrons. The van der Waals surface area contributed by atoms with Gasteiger partial charge < -0.3 is 9.30 Å². The summed E-state index contributed by atoms with van der Waals surface area (Å²) in [6.45, 7) is -6.63. The lowest BCUT2D eigenvalue weighted by Crippen LogP contribution is -2.19. The summed E-state index contributed by atoms with van der Waals surface area (Å²) in [6.07, 6.45) is -1.87. The van der Waals surface area contributed by atoms with Crippen molar-refractivity contribution in [2.45, 2.75) is 19.4 Å². The van der Waals surface area contributed by atoms with Gasteiger partial charge in [0.05, 0.1) is 34.1 Å². The second-order valence-corrected chi connectivity index (χ2v) is 5.31. The fourth-order valence-corrected chi connectivity index (χ4v) is 1.90.